The molecular weight excluding hydrogens is 349 g/mol. The molecular formula is C18H17F3N2OS. The summed E-state index contributed by atoms with van der Waals surface area (Å²) in [6, 6.07) is 2.37. The summed E-state index contributed by atoms with van der Waals surface area (Å²) in [5, 5.41) is 0.327. The number of alkyl halides is 3. The van der Waals surface area contributed by atoms with Gasteiger partial charge in [-0.2, -0.15) is 13.2 Å². The van der Waals surface area contributed by atoms with Crippen LogP contribution >= 0.6 is 11.8 Å². The highest BCUT2D eigenvalue weighted by Crippen LogP contribution is 2.40. The van der Waals surface area contributed by atoms with Gasteiger partial charge in [0.2, 0.25) is 0 Å². The lowest BCUT2D eigenvalue weighted by molar-refractivity contribution is -0.150. The van der Waals surface area contributed by atoms with E-state index in [1.54, 1.807) is 18.3 Å². The standard InChI is InChI=1S/C18H17F3N2OS/c1-10-4-5-13(8-11(10)2)15(24)7-6-14-16(18(19,20)21)22-17-23(14)9-12(3)25-17/h4-9,14,16H,1-3H3/b7-6+. The summed E-state index contributed by atoms with van der Waals surface area (Å²) in [5.41, 5.74) is 2.49. The predicted octanol–water partition coefficient (Wildman–Crippen LogP) is 4.62. The molecule has 3 nitrogen and oxygen atoms in total. The van der Waals surface area contributed by atoms with Crippen molar-refractivity contribution < 1.29 is 18.0 Å². The molecule has 0 radical (unpaired) electrons. The van der Waals surface area contributed by atoms with E-state index >= 15 is 0 Å². The van der Waals surface area contributed by atoms with E-state index in [0.717, 1.165) is 16.0 Å². The zero-order valence-corrected chi connectivity index (χ0v) is 14.8. The van der Waals surface area contributed by atoms with Crippen LogP contribution in [0.15, 0.2) is 46.4 Å². The van der Waals surface area contributed by atoms with Crippen molar-refractivity contribution in [3.05, 3.63) is 58.1 Å². The highest BCUT2D eigenvalue weighted by Gasteiger charge is 2.51. The summed E-state index contributed by atoms with van der Waals surface area (Å²) in [5.74, 6) is -0.315. The van der Waals surface area contributed by atoms with Crippen LogP contribution in [0.25, 0.3) is 0 Å². The zero-order chi connectivity index (χ0) is 18.4. The average molecular weight is 366 g/mol. The van der Waals surface area contributed by atoms with Crippen molar-refractivity contribution in [2.24, 2.45) is 4.99 Å². The molecule has 0 amide bonds. The monoisotopic (exact) mass is 366 g/mol. The van der Waals surface area contributed by atoms with Crippen LogP contribution in [-0.2, 0) is 0 Å². The third-order valence-electron chi connectivity index (χ3n) is 4.26. The van der Waals surface area contributed by atoms with Crippen LogP contribution in [0, 0.1) is 13.8 Å². The van der Waals surface area contributed by atoms with Crippen LogP contribution < -0.4 is 0 Å². The van der Waals surface area contributed by atoms with E-state index in [-0.39, 0.29) is 5.78 Å². The summed E-state index contributed by atoms with van der Waals surface area (Å²) < 4.78 is 39.8. The van der Waals surface area contributed by atoms with Crippen molar-refractivity contribution in [3.63, 3.8) is 0 Å². The predicted molar refractivity (Wildman–Crippen MR) is 93.6 cm³/mol. The van der Waals surface area contributed by atoms with Gasteiger partial charge in [-0.1, -0.05) is 30.0 Å². The number of hydrogen-bond acceptors (Lipinski definition) is 4. The van der Waals surface area contributed by atoms with Gasteiger partial charge in [0, 0.05) is 16.7 Å². The van der Waals surface area contributed by atoms with Crippen LogP contribution in [0.4, 0.5) is 13.2 Å². The number of allylic oxidation sites excluding steroid dienone is 2. The molecule has 0 fully saturated rings. The number of halogens is 3. The molecule has 0 aliphatic carbocycles. The number of nitrogens with zero attached hydrogens (tertiary/aromatic N) is 2. The Bertz CT molecular complexity index is 811. The second-order valence-electron chi connectivity index (χ2n) is 6.16. The minimum Gasteiger partial charge on any atom is -0.317 e. The SMILES string of the molecule is CC1=CN2C(=NC(C(F)(F)F)C2/C=C/C(=O)c2ccc(C)c(C)c2)S1. The Kier molecular flexibility index (Phi) is 4.53. The maximum atomic E-state index is 13.3. The number of fused-ring (bicyclic) bond motifs is 1. The fraction of sp³-hybridized carbons (Fsp3) is 0.333. The highest BCUT2D eigenvalue weighted by molar-refractivity contribution is 8.17. The first-order chi connectivity index (χ1) is 11.7. The Hall–Kier alpha value is -2.02. The largest absolute Gasteiger partial charge is 0.413 e. The van der Waals surface area contributed by atoms with E-state index in [1.807, 2.05) is 26.8 Å². The third-order valence-corrected chi connectivity index (χ3v) is 5.19. The fourth-order valence-corrected chi connectivity index (χ4v) is 3.67. The number of carbonyl (C=O) groups excluding carboxylic acids is 1. The number of aliphatic imine (C=N–C) groups is 1. The summed E-state index contributed by atoms with van der Waals surface area (Å²) in [4.78, 5) is 18.5. The molecule has 0 saturated heterocycles. The van der Waals surface area contributed by atoms with Gasteiger partial charge in [0.15, 0.2) is 17.0 Å². The Morgan fingerprint density at radius 2 is 1.96 bits per heavy atom. The first kappa shape index (κ1) is 17.8. The lowest BCUT2D eigenvalue weighted by atomic mass is 10.0. The molecule has 0 saturated carbocycles. The number of carbonyl (C=O) groups is 1. The lowest BCUT2D eigenvalue weighted by Gasteiger charge is -2.23. The fourth-order valence-electron chi connectivity index (χ4n) is 2.77. The van der Waals surface area contributed by atoms with Gasteiger partial charge >= 0.3 is 6.18 Å². The van der Waals surface area contributed by atoms with E-state index in [4.69, 9.17) is 0 Å². The van der Waals surface area contributed by atoms with Gasteiger partial charge in [0.1, 0.15) is 0 Å². The molecule has 1 aromatic rings. The Morgan fingerprint density at radius 1 is 1.24 bits per heavy atom. The molecule has 3 rings (SSSR count). The Labute approximate surface area is 148 Å². The molecule has 7 heteroatoms. The van der Waals surface area contributed by atoms with E-state index in [0.29, 0.717) is 10.7 Å². The molecule has 2 unspecified atom stereocenters. The molecule has 1 aromatic carbocycles. The van der Waals surface area contributed by atoms with E-state index in [2.05, 4.69) is 4.99 Å². The number of benzene rings is 1. The van der Waals surface area contributed by atoms with E-state index in [1.165, 1.54) is 28.8 Å². The second-order valence-corrected chi connectivity index (χ2v) is 7.37. The molecule has 2 aliphatic rings. The van der Waals surface area contributed by atoms with Gasteiger partial charge in [-0.15, -0.1) is 0 Å². The number of hydrogen-bond donors (Lipinski definition) is 0. The molecule has 0 aromatic heterocycles. The maximum absolute atomic E-state index is 13.3. The normalized spacial score (nSPS) is 23.0. The first-order valence-corrected chi connectivity index (χ1v) is 8.57. The summed E-state index contributed by atoms with van der Waals surface area (Å²) in [6.45, 7) is 5.64. The minimum absolute atomic E-state index is 0.315. The summed E-state index contributed by atoms with van der Waals surface area (Å²) >= 11 is 1.21. The molecule has 2 atom stereocenters. The molecule has 25 heavy (non-hydrogen) atoms. The van der Waals surface area contributed by atoms with Crippen molar-refractivity contribution in [2.75, 3.05) is 0 Å². The number of ketones is 1. The highest BCUT2D eigenvalue weighted by atomic mass is 32.2. The first-order valence-electron chi connectivity index (χ1n) is 7.76. The molecule has 0 N–H and O–H groups in total. The second kappa shape index (κ2) is 6.37. The number of rotatable bonds is 3. The smallest absolute Gasteiger partial charge is 0.317 e. The van der Waals surface area contributed by atoms with E-state index in [9.17, 15) is 18.0 Å². The van der Waals surface area contributed by atoms with Gasteiger partial charge < -0.3 is 4.90 Å². The summed E-state index contributed by atoms with van der Waals surface area (Å²) in [6.07, 6.45) is -0.289. The summed E-state index contributed by atoms with van der Waals surface area (Å²) in [7, 11) is 0. The van der Waals surface area contributed by atoms with Crippen LogP contribution in [-0.4, -0.2) is 34.1 Å². The van der Waals surface area contributed by atoms with Gasteiger partial charge in [-0.3, -0.25) is 4.79 Å². The molecule has 0 spiro atoms. The number of aryl methyl sites for hydroxylation is 2. The lowest BCUT2D eigenvalue weighted by Crippen LogP contribution is -2.40. The topological polar surface area (TPSA) is 32.7 Å². The quantitative estimate of drug-likeness (QED) is 0.578. The van der Waals surface area contributed by atoms with Crippen molar-refractivity contribution in [1.29, 1.82) is 0 Å². The average Bonchev–Trinajstić information content (AvgIpc) is 3.03. The Balaban J connectivity index is 1.85. The van der Waals surface area contributed by atoms with Gasteiger partial charge in [-0.25, -0.2) is 4.99 Å². The van der Waals surface area contributed by atoms with Crippen molar-refractivity contribution in [2.45, 2.75) is 39.0 Å². The van der Waals surface area contributed by atoms with Crippen molar-refractivity contribution >= 4 is 22.7 Å². The zero-order valence-electron chi connectivity index (χ0n) is 14.0. The molecule has 132 valence electrons. The van der Waals surface area contributed by atoms with Gasteiger partial charge in [0.25, 0.3) is 0 Å². The number of amidine groups is 1. The van der Waals surface area contributed by atoms with Crippen LogP contribution in [0.1, 0.15) is 28.4 Å². The van der Waals surface area contributed by atoms with Gasteiger partial charge in [-0.05, 0) is 44.0 Å². The minimum atomic E-state index is -4.46. The molecule has 0 bridgehead atoms. The molecule has 2 aliphatic heterocycles. The number of thioether (sulfide) groups is 1. The van der Waals surface area contributed by atoms with E-state index < -0.39 is 18.3 Å². The van der Waals surface area contributed by atoms with Crippen LogP contribution in [0.2, 0.25) is 0 Å². The molecule has 2 heterocycles. The maximum Gasteiger partial charge on any atom is 0.413 e. The van der Waals surface area contributed by atoms with Crippen LogP contribution in [0.3, 0.4) is 0 Å². The van der Waals surface area contributed by atoms with Crippen molar-refractivity contribution in [1.82, 2.24) is 4.90 Å². The van der Waals surface area contributed by atoms with Crippen LogP contribution in [0.5, 0.6) is 0 Å². The van der Waals surface area contributed by atoms with Gasteiger partial charge in [0.05, 0.1) is 6.04 Å². The third kappa shape index (κ3) is 3.51. The van der Waals surface area contributed by atoms with Crippen molar-refractivity contribution in [3.8, 4) is 0 Å². The Morgan fingerprint density at radius 3 is 2.60 bits per heavy atom.